The maximum atomic E-state index is 11.4. The lowest BCUT2D eigenvalue weighted by molar-refractivity contribution is -0.183. The van der Waals surface area contributed by atoms with E-state index in [1.54, 1.807) is 6.92 Å². The molecular formula is C14H16O7. The highest BCUT2D eigenvalue weighted by molar-refractivity contribution is 5.86. The molecule has 0 aromatic heterocycles. The lowest BCUT2D eigenvalue weighted by Crippen LogP contribution is -2.35. The Morgan fingerprint density at radius 1 is 1.19 bits per heavy atom. The number of hydrogen-bond acceptors (Lipinski definition) is 7. The van der Waals surface area contributed by atoms with Gasteiger partial charge in [-0.05, 0) is 18.9 Å². The maximum Gasteiger partial charge on any atom is 0.334 e. The molecular weight excluding hydrogens is 280 g/mol. The van der Waals surface area contributed by atoms with E-state index in [1.807, 2.05) is 6.08 Å². The van der Waals surface area contributed by atoms with Crippen LogP contribution in [0, 0.1) is 0 Å². The van der Waals surface area contributed by atoms with Crippen LogP contribution < -0.4 is 0 Å². The normalized spacial score (nSPS) is 28.3. The quantitative estimate of drug-likeness (QED) is 0.566. The van der Waals surface area contributed by atoms with E-state index >= 15 is 0 Å². The summed E-state index contributed by atoms with van der Waals surface area (Å²) in [5, 5.41) is 0. The molecule has 2 rings (SSSR count). The van der Waals surface area contributed by atoms with Gasteiger partial charge in [0, 0.05) is 25.5 Å². The first kappa shape index (κ1) is 15.2. The van der Waals surface area contributed by atoms with E-state index in [-0.39, 0.29) is 0 Å². The van der Waals surface area contributed by atoms with E-state index in [0.717, 1.165) is 5.57 Å². The summed E-state index contributed by atoms with van der Waals surface area (Å²) in [4.78, 5) is 33.5. The zero-order chi connectivity index (χ0) is 15.6. The number of carbonyl (C=O) groups excluding carboxylic acids is 3. The Hall–Kier alpha value is -2.15. The van der Waals surface area contributed by atoms with Crippen LogP contribution in [-0.2, 0) is 33.3 Å². The van der Waals surface area contributed by atoms with E-state index in [1.165, 1.54) is 19.9 Å². The number of carbonyl (C=O) groups is 3. The average molecular weight is 296 g/mol. The first-order chi connectivity index (χ1) is 9.86. The van der Waals surface area contributed by atoms with Crippen LogP contribution in [0.15, 0.2) is 23.3 Å². The van der Waals surface area contributed by atoms with E-state index in [2.05, 4.69) is 0 Å². The van der Waals surface area contributed by atoms with Gasteiger partial charge in [-0.1, -0.05) is 6.08 Å². The molecule has 114 valence electrons. The average Bonchev–Trinajstić information content (AvgIpc) is 2.71. The van der Waals surface area contributed by atoms with Crippen LogP contribution in [0.25, 0.3) is 0 Å². The van der Waals surface area contributed by atoms with Crippen LogP contribution in [0.2, 0.25) is 0 Å². The van der Waals surface area contributed by atoms with Crippen molar-refractivity contribution in [3.05, 3.63) is 23.3 Å². The van der Waals surface area contributed by atoms with Gasteiger partial charge < -0.3 is 18.9 Å². The highest BCUT2D eigenvalue weighted by Crippen LogP contribution is 2.30. The van der Waals surface area contributed by atoms with Gasteiger partial charge in [-0.3, -0.25) is 9.59 Å². The standard InChI is InChI=1S/C14H16O7/c1-7-4-5-11(20-13(7)18-8(2)15)10-6-12(17)21-14(10)19-9(3)16/h4,6,11,13-14H,5H2,1-3H3/t11-,13-,14-/m0/s1. The van der Waals surface area contributed by atoms with Crippen LogP contribution in [0.3, 0.4) is 0 Å². The zero-order valence-corrected chi connectivity index (χ0v) is 12.0. The topological polar surface area (TPSA) is 88.1 Å². The second-order valence-corrected chi connectivity index (χ2v) is 4.77. The summed E-state index contributed by atoms with van der Waals surface area (Å²) >= 11 is 0. The maximum absolute atomic E-state index is 11.4. The highest BCUT2D eigenvalue weighted by atomic mass is 16.7. The van der Waals surface area contributed by atoms with Crippen molar-refractivity contribution in [2.75, 3.05) is 0 Å². The van der Waals surface area contributed by atoms with Crippen molar-refractivity contribution in [3.8, 4) is 0 Å². The van der Waals surface area contributed by atoms with Crippen molar-refractivity contribution in [1.82, 2.24) is 0 Å². The molecule has 0 saturated carbocycles. The number of esters is 3. The molecule has 0 aromatic carbocycles. The Labute approximate surface area is 121 Å². The molecule has 0 N–H and O–H groups in total. The van der Waals surface area contributed by atoms with E-state index in [9.17, 15) is 14.4 Å². The van der Waals surface area contributed by atoms with Crippen molar-refractivity contribution in [1.29, 1.82) is 0 Å². The van der Waals surface area contributed by atoms with Crippen molar-refractivity contribution in [2.24, 2.45) is 0 Å². The van der Waals surface area contributed by atoms with Crippen LogP contribution in [-0.4, -0.2) is 36.6 Å². The third-order valence-electron chi connectivity index (χ3n) is 3.01. The molecule has 0 aromatic rings. The number of ether oxygens (including phenoxy) is 4. The largest absolute Gasteiger partial charge is 0.432 e. The van der Waals surface area contributed by atoms with Gasteiger partial charge in [-0.25, -0.2) is 4.79 Å². The molecule has 0 spiro atoms. The molecule has 0 bridgehead atoms. The Bertz CT molecular complexity index is 531. The molecule has 2 aliphatic heterocycles. The molecule has 0 saturated heterocycles. The zero-order valence-electron chi connectivity index (χ0n) is 12.0. The molecule has 2 aliphatic rings. The minimum Gasteiger partial charge on any atom is -0.432 e. The van der Waals surface area contributed by atoms with E-state index in [4.69, 9.17) is 18.9 Å². The van der Waals surface area contributed by atoms with Crippen LogP contribution >= 0.6 is 0 Å². The van der Waals surface area contributed by atoms with Gasteiger partial charge in [0.25, 0.3) is 6.29 Å². The summed E-state index contributed by atoms with van der Waals surface area (Å²) in [6.45, 7) is 4.28. The van der Waals surface area contributed by atoms with Crippen LogP contribution in [0.5, 0.6) is 0 Å². The fourth-order valence-electron chi connectivity index (χ4n) is 2.09. The summed E-state index contributed by atoms with van der Waals surface area (Å²) in [7, 11) is 0. The lowest BCUT2D eigenvalue weighted by Gasteiger charge is -2.30. The monoisotopic (exact) mass is 296 g/mol. The van der Waals surface area contributed by atoms with E-state index < -0.39 is 36.6 Å². The summed E-state index contributed by atoms with van der Waals surface area (Å²) in [6.07, 6.45) is 1.06. The Morgan fingerprint density at radius 2 is 1.81 bits per heavy atom. The van der Waals surface area contributed by atoms with E-state index in [0.29, 0.717) is 12.0 Å². The smallest absolute Gasteiger partial charge is 0.334 e. The molecule has 3 atom stereocenters. The highest BCUT2D eigenvalue weighted by Gasteiger charge is 2.37. The van der Waals surface area contributed by atoms with Gasteiger partial charge >= 0.3 is 17.9 Å². The lowest BCUT2D eigenvalue weighted by atomic mass is 10.0. The van der Waals surface area contributed by atoms with Gasteiger partial charge in [0.15, 0.2) is 0 Å². The summed E-state index contributed by atoms with van der Waals surface area (Å²) in [5.74, 6) is -1.65. The third kappa shape index (κ3) is 3.69. The predicted molar refractivity (Wildman–Crippen MR) is 68.5 cm³/mol. The summed E-state index contributed by atoms with van der Waals surface area (Å²) < 4.78 is 20.5. The molecule has 0 amide bonds. The fraction of sp³-hybridized carbons (Fsp3) is 0.500. The number of cyclic esters (lactones) is 1. The van der Waals surface area contributed by atoms with Gasteiger partial charge in [0.05, 0.1) is 6.10 Å². The minimum atomic E-state index is -1.09. The number of hydrogen-bond donors (Lipinski definition) is 0. The van der Waals surface area contributed by atoms with Gasteiger partial charge in [-0.15, -0.1) is 0 Å². The van der Waals surface area contributed by atoms with Crippen molar-refractivity contribution < 1.29 is 33.3 Å². The predicted octanol–water partition coefficient (Wildman–Crippen LogP) is 0.983. The SMILES string of the molecule is CC(=O)O[C@H]1O[C@H](C2=CC(=O)O[C@@H]2OC(C)=O)CC=C1C. The first-order valence-electron chi connectivity index (χ1n) is 6.45. The number of rotatable bonds is 3. The molecule has 0 unspecified atom stereocenters. The minimum absolute atomic E-state index is 0.399. The third-order valence-corrected chi connectivity index (χ3v) is 3.01. The van der Waals surface area contributed by atoms with Crippen molar-refractivity contribution >= 4 is 17.9 Å². The molecule has 7 heteroatoms. The Balaban J connectivity index is 2.13. The second-order valence-electron chi connectivity index (χ2n) is 4.77. The van der Waals surface area contributed by atoms with Gasteiger partial charge in [-0.2, -0.15) is 0 Å². The molecule has 0 aliphatic carbocycles. The Morgan fingerprint density at radius 3 is 2.43 bits per heavy atom. The Kier molecular flexibility index (Phi) is 4.42. The molecule has 7 nitrogen and oxygen atoms in total. The van der Waals surface area contributed by atoms with Gasteiger partial charge in [0.1, 0.15) is 0 Å². The van der Waals surface area contributed by atoms with Crippen molar-refractivity contribution in [3.63, 3.8) is 0 Å². The molecule has 0 fully saturated rings. The molecule has 21 heavy (non-hydrogen) atoms. The summed E-state index contributed by atoms with van der Waals surface area (Å²) in [6, 6.07) is 0. The molecule has 2 heterocycles. The van der Waals surface area contributed by atoms with Crippen molar-refractivity contribution in [2.45, 2.75) is 45.9 Å². The fourth-order valence-corrected chi connectivity index (χ4v) is 2.09. The molecule has 0 radical (unpaired) electrons. The second kappa shape index (κ2) is 6.09. The first-order valence-corrected chi connectivity index (χ1v) is 6.45. The summed E-state index contributed by atoms with van der Waals surface area (Å²) in [5.41, 5.74) is 1.16. The van der Waals surface area contributed by atoms with Crippen LogP contribution in [0.1, 0.15) is 27.2 Å². The van der Waals surface area contributed by atoms with Gasteiger partial charge in [0.2, 0.25) is 6.29 Å². The van der Waals surface area contributed by atoms with Crippen LogP contribution in [0.4, 0.5) is 0 Å².